The van der Waals surface area contributed by atoms with Gasteiger partial charge in [0.2, 0.25) is 0 Å². The molecule has 0 fully saturated rings. The second-order valence-corrected chi connectivity index (χ2v) is 4.47. The van der Waals surface area contributed by atoms with Gasteiger partial charge in [0.05, 0.1) is 17.2 Å². The molecule has 3 nitrogen and oxygen atoms in total. The van der Waals surface area contributed by atoms with Gasteiger partial charge in [-0.15, -0.1) is 11.3 Å². The Hall–Kier alpha value is -1.26. The summed E-state index contributed by atoms with van der Waals surface area (Å²) in [5.41, 5.74) is 4.18. The molecule has 0 bridgehead atoms. The SMILES string of the molecule is CCNC(c1cccnc1)c1scnc1C. The Morgan fingerprint density at radius 3 is 2.94 bits per heavy atom. The molecule has 0 saturated heterocycles. The second kappa shape index (κ2) is 5.18. The van der Waals surface area contributed by atoms with E-state index in [1.807, 2.05) is 24.7 Å². The molecule has 0 aliphatic carbocycles. The van der Waals surface area contributed by atoms with Gasteiger partial charge in [-0.05, 0) is 25.1 Å². The minimum atomic E-state index is 0.214. The van der Waals surface area contributed by atoms with E-state index in [9.17, 15) is 0 Å². The molecule has 16 heavy (non-hydrogen) atoms. The van der Waals surface area contributed by atoms with Crippen molar-refractivity contribution in [1.82, 2.24) is 15.3 Å². The molecular weight excluding hydrogens is 218 g/mol. The van der Waals surface area contributed by atoms with Gasteiger partial charge in [0.1, 0.15) is 0 Å². The Morgan fingerprint density at radius 1 is 1.50 bits per heavy atom. The van der Waals surface area contributed by atoms with Crippen LogP contribution in [0.15, 0.2) is 30.0 Å². The van der Waals surface area contributed by atoms with Crippen molar-refractivity contribution in [2.75, 3.05) is 6.54 Å². The maximum atomic E-state index is 4.30. The molecular formula is C12H15N3S. The smallest absolute Gasteiger partial charge is 0.0798 e. The lowest BCUT2D eigenvalue weighted by atomic mass is 10.1. The average Bonchev–Trinajstić information content (AvgIpc) is 2.73. The highest BCUT2D eigenvalue weighted by Crippen LogP contribution is 2.27. The molecule has 1 N–H and O–H groups in total. The molecule has 0 radical (unpaired) electrons. The molecule has 0 aromatic carbocycles. The fraction of sp³-hybridized carbons (Fsp3) is 0.333. The van der Waals surface area contributed by atoms with Gasteiger partial charge in [0, 0.05) is 17.3 Å². The van der Waals surface area contributed by atoms with Crippen LogP contribution in [0, 0.1) is 6.92 Å². The molecule has 2 heterocycles. The lowest BCUT2D eigenvalue weighted by Gasteiger charge is -2.16. The lowest BCUT2D eigenvalue weighted by molar-refractivity contribution is 0.633. The summed E-state index contributed by atoms with van der Waals surface area (Å²) >= 11 is 1.69. The number of rotatable bonds is 4. The first-order valence-electron chi connectivity index (χ1n) is 5.36. The standard InChI is InChI=1S/C12H15N3S/c1-3-14-11(10-5-4-6-13-7-10)12-9(2)15-8-16-12/h4-8,11,14H,3H2,1-2H3. The fourth-order valence-electron chi connectivity index (χ4n) is 1.70. The van der Waals surface area contributed by atoms with Crippen LogP contribution in [0.2, 0.25) is 0 Å². The zero-order valence-corrected chi connectivity index (χ0v) is 10.3. The molecule has 0 saturated carbocycles. The summed E-state index contributed by atoms with van der Waals surface area (Å²) in [6, 6.07) is 4.28. The summed E-state index contributed by atoms with van der Waals surface area (Å²) < 4.78 is 0. The van der Waals surface area contributed by atoms with Crippen molar-refractivity contribution >= 4 is 11.3 Å². The van der Waals surface area contributed by atoms with Crippen LogP contribution in [0.25, 0.3) is 0 Å². The largest absolute Gasteiger partial charge is 0.306 e. The highest BCUT2D eigenvalue weighted by atomic mass is 32.1. The van der Waals surface area contributed by atoms with Crippen LogP contribution in [0.3, 0.4) is 0 Å². The van der Waals surface area contributed by atoms with Gasteiger partial charge in [-0.1, -0.05) is 13.0 Å². The van der Waals surface area contributed by atoms with E-state index in [1.54, 1.807) is 17.5 Å². The summed E-state index contributed by atoms with van der Waals surface area (Å²) in [7, 11) is 0. The monoisotopic (exact) mass is 233 g/mol. The molecule has 0 spiro atoms. The topological polar surface area (TPSA) is 37.8 Å². The van der Waals surface area contributed by atoms with Crippen LogP contribution in [0.1, 0.15) is 29.1 Å². The molecule has 84 valence electrons. The third kappa shape index (κ3) is 2.28. The average molecular weight is 233 g/mol. The van der Waals surface area contributed by atoms with Gasteiger partial charge in [-0.3, -0.25) is 4.98 Å². The minimum absolute atomic E-state index is 0.214. The molecule has 2 aromatic rings. The van der Waals surface area contributed by atoms with Crippen molar-refractivity contribution in [2.45, 2.75) is 19.9 Å². The number of pyridine rings is 1. The molecule has 0 amide bonds. The predicted octanol–water partition coefficient (Wildman–Crippen LogP) is 2.55. The van der Waals surface area contributed by atoms with Crippen molar-refractivity contribution in [3.63, 3.8) is 0 Å². The molecule has 1 unspecified atom stereocenters. The number of hydrogen-bond donors (Lipinski definition) is 1. The summed E-state index contributed by atoms with van der Waals surface area (Å²) in [6.45, 7) is 5.09. The summed E-state index contributed by atoms with van der Waals surface area (Å²) in [5, 5.41) is 3.47. The van der Waals surface area contributed by atoms with Crippen molar-refractivity contribution in [3.05, 3.63) is 46.2 Å². The summed E-state index contributed by atoms with van der Waals surface area (Å²) in [5.74, 6) is 0. The van der Waals surface area contributed by atoms with Gasteiger partial charge >= 0.3 is 0 Å². The molecule has 1 atom stereocenters. The van der Waals surface area contributed by atoms with Crippen molar-refractivity contribution < 1.29 is 0 Å². The first-order valence-corrected chi connectivity index (χ1v) is 6.24. The van der Waals surface area contributed by atoms with Gasteiger partial charge in [0.15, 0.2) is 0 Å². The Balaban J connectivity index is 2.35. The van der Waals surface area contributed by atoms with Crippen molar-refractivity contribution in [3.8, 4) is 0 Å². The molecule has 0 aliphatic rings. The van der Waals surface area contributed by atoms with Gasteiger partial charge in [-0.2, -0.15) is 0 Å². The quantitative estimate of drug-likeness (QED) is 0.882. The van der Waals surface area contributed by atoms with E-state index in [2.05, 4.69) is 28.3 Å². The Labute approximate surface area is 99.6 Å². The maximum Gasteiger partial charge on any atom is 0.0798 e. The van der Waals surface area contributed by atoms with E-state index >= 15 is 0 Å². The number of nitrogens with zero attached hydrogens (tertiary/aromatic N) is 2. The van der Waals surface area contributed by atoms with Crippen LogP contribution in [-0.4, -0.2) is 16.5 Å². The summed E-state index contributed by atoms with van der Waals surface area (Å²) in [4.78, 5) is 9.75. The molecule has 4 heteroatoms. The number of hydrogen-bond acceptors (Lipinski definition) is 4. The summed E-state index contributed by atoms with van der Waals surface area (Å²) in [6.07, 6.45) is 3.71. The van der Waals surface area contributed by atoms with E-state index < -0.39 is 0 Å². The van der Waals surface area contributed by atoms with E-state index in [0.29, 0.717) is 0 Å². The second-order valence-electron chi connectivity index (χ2n) is 3.58. The van der Waals surface area contributed by atoms with E-state index in [4.69, 9.17) is 0 Å². The third-order valence-corrected chi connectivity index (χ3v) is 3.47. The zero-order chi connectivity index (χ0) is 11.4. The number of nitrogens with one attached hydrogen (secondary N) is 1. The number of aromatic nitrogens is 2. The first-order chi connectivity index (χ1) is 7.83. The number of aryl methyl sites for hydroxylation is 1. The van der Waals surface area contributed by atoms with Crippen LogP contribution in [-0.2, 0) is 0 Å². The highest BCUT2D eigenvalue weighted by Gasteiger charge is 2.16. The van der Waals surface area contributed by atoms with Gasteiger partial charge < -0.3 is 5.32 Å². The van der Waals surface area contributed by atoms with Crippen LogP contribution in [0.5, 0.6) is 0 Å². The zero-order valence-electron chi connectivity index (χ0n) is 9.47. The molecule has 2 aromatic heterocycles. The molecule has 2 rings (SSSR count). The van der Waals surface area contributed by atoms with Crippen molar-refractivity contribution in [2.24, 2.45) is 0 Å². The van der Waals surface area contributed by atoms with E-state index in [1.165, 1.54) is 10.4 Å². The first kappa shape index (κ1) is 11.2. The Morgan fingerprint density at radius 2 is 2.38 bits per heavy atom. The highest BCUT2D eigenvalue weighted by molar-refractivity contribution is 7.09. The Bertz CT molecular complexity index is 439. The molecule has 0 aliphatic heterocycles. The third-order valence-electron chi connectivity index (χ3n) is 2.47. The minimum Gasteiger partial charge on any atom is -0.306 e. The lowest BCUT2D eigenvalue weighted by Crippen LogP contribution is -2.21. The fourth-order valence-corrected chi connectivity index (χ4v) is 2.60. The van der Waals surface area contributed by atoms with Gasteiger partial charge in [0.25, 0.3) is 0 Å². The van der Waals surface area contributed by atoms with Crippen molar-refractivity contribution in [1.29, 1.82) is 0 Å². The normalized spacial score (nSPS) is 12.6. The van der Waals surface area contributed by atoms with Crippen LogP contribution in [0.4, 0.5) is 0 Å². The van der Waals surface area contributed by atoms with Crippen LogP contribution >= 0.6 is 11.3 Å². The van der Waals surface area contributed by atoms with Crippen LogP contribution < -0.4 is 5.32 Å². The maximum absolute atomic E-state index is 4.30. The predicted molar refractivity (Wildman–Crippen MR) is 66.6 cm³/mol. The van der Waals surface area contributed by atoms with Gasteiger partial charge in [-0.25, -0.2) is 4.98 Å². The Kier molecular flexibility index (Phi) is 3.64. The van der Waals surface area contributed by atoms with E-state index in [0.717, 1.165) is 12.2 Å². The number of thiazole rings is 1. The van der Waals surface area contributed by atoms with E-state index in [-0.39, 0.29) is 6.04 Å².